The predicted octanol–water partition coefficient (Wildman–Crippen LogP) is 1.50. The Morgan fingerprint density at radius 3 is 2.47 bits per heavy atom. The van der Waals surface area contributed by atoms with E-state index >= 15 is 0 Å². The van der Waals surface area contributed by atoms with Gasteiger partial charge in [-0.05, 0) is 34.5 Å². The van der Waals surface area contributed by atoms with E-state index < -0.39 is 0 Å². The smallest absolute Gasteiger partial charge is 0.116 e. The Morgan fingerprint density at radius 2 is 1.73 bits per heavy atom. The number of phenolic OH excluding ortho intramolecular Hbond substituents is 1. The number of hydrogen-bond acceptors (Lipinski definition) is 3. The summed E-state index contributed by atoms with van der Waals surface area (Å²) in [5.74, 6) is 0.276. The molecule has 0 saturated carbocycles. The summed E-state index contributed by atoms with van der Waals surface area (Å²) in [6.45, 7) is 0.434. The number of aromatic hydroxyl groups is 1. The average Bonchev–Trinajstić information content (AvgIpc) is 2.27. The molecule has 0 amide bonds. The highest BCUT2D eigenvalue weighted by Crippen LogP contribution is 2.22. The second-order valence-electron chi connectivity index (χ2n) is 3.63. The van der Waals surface area contributed by atoms with Crippen molar-refractivity contribution in [3.8, 4) is 5.75 Å². The summed E-state index contributed by atoms with van der Waals surface area (Å²) in [5, 5.41) is 11.4. The summed E-state index contributed by atoms with van der Waals surface area (Å²) in [5.41, 5.74) is 12.4. The Balaban J connectivity index is 2.52. The normalized spacial score (nSPS) is 12.9. The summed E-state index contributed by atoms with van der Waals surface area (Å²) in [6.07, 6.45) is 0. The molecule has 0 aromatic heterocycles. The third-order valence-electron chi connectivity index (χ3n) is 2.53. The van der Waals surface area contributed by atoms with Gasteiger partial charge in [0.2, 0.25) is 0 Å². The molecule has 2 aromatic rings. The van der Waals surface area contributed by atoms with E-state index in [1.165, 1.54) is 0 Å². The van der Waals surface area contributed by atoms with Gasteiger partial charge in [-0.3, -0.25) is 0 Å². The Hall–Kier alpha value is -1.58. The van der Waals surface area contributed by atoms with Gasteiger partial charge in [-0.25, -0.2) is 0 Å². The van der Waals surface area contributed by atoms with Gasteiger partial charge >= 0.3 is 0 Å². The highest BCUT2D eigenvalue weighted by molar-refractivity contribution is 5.84. The van der Waals surface area contributed by atoms with Crippen molar-refractivity contribution in [2.45, 2.75) is 6.04 Å². The maximum atomic E-state index is 9.31. The van der Waals surface area contributed by atoms with Crippen LogP contribution in [0.1, 0.15) is 11.6 Å². The molecule has 3 nitrogen and oxygen atoms in total. The highest BCUT2D eigenvalue weighted by atomic mass is 16.3. The molecular formula is C12H14N2O. The summed E-state index contributed by atoms with van der Waals surface area (Å²) < 4.78 is 0. The molecule has 78 valence electrons. The van der Waals surface area contributed by atoms with Crippen LogP contribution < -0.4 is 11.5 Å². The van der Waals surface area contributed by atoms with Crippen molar-refractivity contribution < 1.29 is 5.11 Å². The fourth-order valence-electron chi connectivity index (χ4n) is 1.62. The number of fused-ring (bicyclic) bond motifs is 1. The van der Waals surface area contributed by atoms with Crippen LogP contribution in [0.5, 0.6) is 5.75 Å². The molecule has 15 heavy (non-hydrogen) atoms. The minimum absolute atomic E-state index is 0.122. The van der Waals surface area contributed by atoms with E-state index in [-0.39, 0.29) is 11.8 Å². The molecule has 1 atom stereocenters. The van der Waals surface area contributed by atoms with Crippen LogP contribution in [0.4, 0.5) is 0 Å². The van der Waals surface area contributed by atoms with E-state index in [1.807, 2.05) is 24.3 Å². The van der Waals surface area contributed by atoms with Crippen molar-refractivity contribution in [3.63, 3.8) is 0 Å². The van der Waals surface area contributed by atoms with Gasteiger partial charge in [0.05, 0.1) is 0 Å². The number of rotatable bonds is 2. The minimum atomic E-state index is -0.122. The topological polar surface area (TPSA) is 72.3 Å². The van der Waals surface area contributed by atoms with E-state index in [4.69, 9.17) is 11.5 Å². The van der Waals surface area contributed by atoms with Crippen LogP contribution in [0.3, 0.4) is 0 Å². The number of nitrogens with two attached hydrogens (primary N) is 2. The van der Waals surface area contributed by atoms with Gasteiger partial charge in [-0.15, -0.1) is 0 Å². The molecule has 0 aliphatic rings. The first-order valence-electron chi connectivity index (χ1n) is 4.89. The fraction of sp³-hybridized carbons (Fsp3) is 0.167. The van der Waals surface area contributed by atoms with Gasteiger partial charge in [0.25, 0.3) is 0 Å². The maximum absolute atomic E-state index is 9.31. The minimum Gasteiger partial charge on any atom is -0.508 e. The quantitative estimate of drug-likeness (QED) is 0.691. The number of hydrogen-bond donors (Lipinski definition) is 3. The van der Waals surface area contributed by atoms with Crippen LogP contribution in [0.15, 0.2) is 36.4 Å². The Labute approximate surface area is 88.3 Å². The molecular weight excluding hydrogens is 188 g/mol. The van der Waals surface area contributed by atoms with E-state index in [9.17, 15) is 5.11 Å². The molecule has 0 spiro atoms. The monoisotopic (exact) mass is 202 g/mol. The highest BCUT2D eigenvalue weighted by Gasteiger charge is 2.04. The zero-order valence-corrected chi connectivity index (χ0v) is 8.35. The molecule has 0 heterocycles. The fourth-order valence-corrected chi connectivity index (χ4v) is 1.62. The summed E-state index contributed by atoms with van der Waals surface area (Å²) in [6, 6.07) is 11.0. The molecule has 0 aliphatic carbocycles. The van der Waals surface area contributed by atoms with E-state index in [0.717, 1.165) is 16.3 Å². The second-order valence-corrected chi connectivity index (χ2v) is 3.63. The lowest BCUT2D eigenvalue weighted by atomic mass is 10.0. The largest absolute Gasteiger partial charge is 0.508 e. The van der Waals surface area contributed by atoms with Crippen LogP contribution in [-0.2, 0) is 0 Å². The number of benzene rings is 2. The Kier molecular flexibility index (Phi) is 2.58. The lowest BCUT2D eigenvalue weighted by Gasteiger charge is -2.10. The average molecular weight is 202 g/mol. The molecule has 3 heteroatoms. The third kappa shape index (κ3) is 1.93. The first kappa shape index (κ1) is 9.96. The summed E-state index contributed by atoms with van der Waals surface area (Å²) in [4.78, 5) is 0. The SMILES string of the molecule is NC[C@@H](N)c1ccc2cc(O)ccc2c1. The Morgan fingerprint density at radius 1 is 1.07 bits per heavy atom. The first-order valence-corrected chi connectivity index (χ1v) is 4.89. The Bertz CT molecular complexity index is 482. The van der Waals surface area contributed by atoms with E-state index in [2.05, 4.69) is 0 Å². The summed E-state index contributed by atoms with van der Waals surface area (Å²) in [7, 11) is 0. The lowest BCUT2D eigenvalue weighted by molar-refractivity contribution is 0.476. The molecule has 5 N–H and O–H groups in total. The predicted molar refractivity (Wildman–Crippen MR) is 61.6 cm³/mol. The second kappa shape index (κ2) is 3.88. The van der Waals surface area contributed by atoms with Gasteiger partial charge in [0, 0.05) is 12.6 Å². The number of phenols is 1. The first-order chi connectivity index (χ1) is 7.20. The van der Waals surface area contributed by atoms with Crippen LogP contribution in [0.2, 0.25) is 0 Å². The van der Waals surface area contributed by atoms with Gasteiger partial charge in [-0.2, -0.15) is 0 Å². The summed E-state index contributed by atoms with van der Waals surface area (Å²) >= 11 is 0. The van der Waals surface area contributed by atoms with Gasteiger partial charge < -0.3 is 16.6 Å². The zero-order valence-electron chi connectivity index (χ0n) is 8.35. The molecule has 0 saturated heterocycles. The molecule has 0 radical (unpaired) electrons. The molecule has 2 rings (SSSR count). The van der Waals surface area contributed by atoms with Crippen LogP contribution in [0, 0.1) is 0 Å². The molecule has 0 unspecified atom stereocenters. The third-order valence-corrected chi connectivity index (χ3v) is 2.53. The van der Waals surface area contributed by atoms with Crippen LogP contribution in [-0.4, -0.2) is 11.7 Å². The van der Waals surface area contributed by atoms with Crippen LogP contribution in [0.25, 0.3) is 10.8 Å². The molecule has 0 bridgehead atoms. The van der Waals surface area contributed by atoms with Crippen molar-refractivity contribution in [2.75, 3.05) is 6.54 Å². The van der Waals surface area contributed by atoms with E-state index in [0.29, 0.717) is 6.54 Å². The zero-order chi connectivity index (χ0) is 10.8. The van der Waals surface area contributed by atoms with Crippen molar-refractivity contribution in [1.82, 2.24) is 0 Å². The molecule has 2 aromatic carbocycles. The lowest BCUT2D eigenvalue weighted by Crippen LogP contribution is -2.20. The van der Waals surface area contributed by atoms with Gasteiger partial charge in [-0.1, -0.05) is 18.2 Å². The standard InChI is InChI=1S/C12H14N2O/c13-7-12(14)10-2-1-9-6-11(15)4-3-8(9)5-10/h1-6,12,15H,7,13-14H2/t12-/m1/s1. The van der Waals surface area contributed by atoms with Crippen LogP contribution >= 0.6 is 0 Å². The van der Waals surface area contributed by atoms with Crippen molar-refractivity contribution >= 4 is 10.8 Å². The van der Waals surface area contributed by atoms with Gasteiger partial charge in [0.1, 0.15) is 5.75 Å². The maximum Gasteiger partial charge on any atom is 0.116 e. The molecule has 0 fully saturated rings. The molecule has 0 aliphatic heterocycles. The van der Waals surface area contributed by atoms with Crippen molar-refractivity contribution in [2.24, 2.45) is 11.5 Å². The van der Waals surface area contributed by atoms with E-state index in [1.54, 1.807) is 12.1 Å². The van der Waals surface area contributed by atoms with Gasteiger partial charge in [0.15, 0.2) is 0 Å². The van der Waals surface area contributed by atoms with Crippen molar-refractivity contribution in [3.05, 3.63) is 42.0 Å². The van der Waals surface area contributed by atoms with Crippen molar-refractivity contribution in [1.29, 1.82) is 0 Å².